The van der Waals surface area contributed by atoms with Crippen molar-refractivity contribution in [2.45, 2.75) is 63.6 Å². The van der Waals surface area contributed by atoms with Crippen LogP contribution in [-0.2, 0) is 27.5 Å². The molecular formula is C22H24N6O4. The summed E-state index contributed by atoms with van der Waals surface area (Å²) in [5.74, 6) is -0.908. The van der Waals surface area contributed by atoms with Crippen molar-refractivity contribution in [3.05, 3.63) is 41.2 Å². The van der Waals surface area contributed by atoms with E-state index < -0.39 is 11.9 Å². The molecule has 4 amide bonds. The van der Waals surface area contributed by atoms with Crippen molar-refractivity contribution in [2.75, 3.05) is 5.32 Å². The van der Waals surface area contributed by atoms with Gasteiger partial charge in [0.25, 0.3) is 5.91 Å². The van der Waals surface area contributed by atoms with E-state index in [1.165, 1.54) is 22.4 Å². The second-order valence-corrected chi connectivity index (χ2v) is 8.60. The van der Waals surface area contributed by atoms with Gasteiger partial charge >= 0.3 is 0 Å². The molecule has 32 heavy (non-hydrogen) atoms. The summed E-state index contributed by atoms with van der Waals surface area (Å²) in [7, 11) is 0. The number of rotatable bonds is 5. The summed E-state index contributed by atoms with van der Waals surface area (Å²) in [6.45, 7) is 0.222. The molecule has 10 nitrogen and oxygen atoms in total. The number of fused-ring (bicyclic) bond motifs is 1. The number of nitrogens with zero attached hydrogens (tertiary/aromatic N) is 4. The summed E-state index contributed by atoms with van der Waals surface area (Å²) >= 11 is 0. The molecule has 0 spiro atoms. The number of piperidine rings is 1. The van der Waals surface area contributed by atoms with E-state index in [9.17, 15) is 19.2 Å². The Morgan fingerprint density at radius 3 is 2.75 bits per heavy atom. The van der Waals surface area contributed by atoms with Crippen LogP contribution >= 0.6 is 0 Å². The fraction of sp³-hybridized carbons (Fsp3) is 0.455. The number of anilines is 1. The lowest BCUT2D eigenvalue weighted by molar-refractivity contribution is -0.137. The zero-order valence-electron chi connectivity index (χ0n) is 17.5. The molecule has 1 unspecified atom stereocenters. The van der Waals surface area contributed by atoms with Crippen LogP contribution < -0.4 is 10.6 Å². The summed E-state index contributed by atoms with van der Waals surface area (Å²) < 4.78 is 1.53. The van der Waals surface area contributed by atoms with Crippen LogP contribution in [0.15, 0.2) is 24.4 Å². The highest BCUT2D eigenvalue weighted by Gasteiger charge is 2.40. The highest BCUT2D eigenvalue weighted by molar-refractivity contribution is 6.06. The predicted molar refractivity (Wildman–Crippen MR) is 112 cm³/mol. The van der Waals surface area contributed by atoms with Gasteiger partial charge in [-0.2, -0.15) is 0 Å². The molecule has 3 heterocycles. The monoisotopic (exact) mass is 436 g/mol. The first kappa shape index (κ1) is 20.3. The van der Waals surface area contributed by atoms with Gasteiger partial charge in [0.2, 0.25) is 17.7 Å². The van der Waals surface area contributed by atoms with Crippen LogP contribution in [-0.4, -0.2) is 49.6 Å². The lowest BCUT2D eigenvalue weighted by Crippen LogP contribution is -2.52. The first-order valence-corrected chi connectivity index (χ1v) is 11.0. The Morgan fingerprint density at radius 2 is 1.97 bits per heavy atom. The van der Waals surface area contributed by atoms with Gasteiger partial charge in [0.1, 0.15) is 12.6 Å². The normalized spacial score (nSPS) is 21.1. The Kier molecular flexibility index (Phi) is 5.20. The van der Waals surface area contributed by atoms with Gasteiger partial charge in [-0.15, -0.1) is 5.10 Å². The second-order valence-electron chi connectivity index (χ2n) is 8.60. The molecule has 2 aliphatic heterocycles. The molecule has 1 saturated heterocycles. The van der Waals surface area contributed by atoms with Crippen LogP contribution in [0.1, 0.15) is 66.1 Å². The van der Waals surface area contributed by atoms with E-state index in [0.29, 0.717) is 29.2 Å². The molecule has 1 aromatic heterocycles. The molecule has 5 rings (SSSR count). The summed E-state index contributed by atoms with van der Waals surface area (Å²) in [5, 5.41) is 13.5. The van der Waals surface area contributed by atoms with Crippen molar-refractivity contribution >= 4 is 29.3 Å². The first-order chi connectivity index (χ1) is 15.5. The number of imide groups is 1. The topological polar surface area (TPSA) is 126 Å². The van der Waals surface area contributed by atoms with Gasteiger partial charge < -0.3 is 10.2 Å². The highest BCUT2D eigenvalue weighted by Crippen LogP contribution is 2.33. The largest absolute Gasteiger partial charge is 0.324 e. The van der Waals surface area contributed by atoms with Crippen LogP contribution in [0.4, 0.5) is 5.69 Å². The maximum atomic E-state index is 12.9. The number of carbonyl (C=O) groups is 4. The third-order valence-electron chi connectivity index (χ3n) is 6.49. The molecule has 166 valence electrons. The second kappa shape index (κ2) is 8.18. The smallest absolute Gasteiger partial charge is 0.255 e. The lowest BCUT2D eigenvalue weighted by Gasteiger charge is -2.29. The van der Waals surface area contributed by atoms with Crippen LogP contribution in [0.2, 0.25) is 0 Å². The van der Waals surface area contributed by atoms with E-state index in [4.69, 9.17) is 0 Å². The van der Waals surface area contributed by atoms with Gasteiger partial charge in [0.05, 0.1) is 5.69 Å². The van der Waals surface area contributed by atoms with E-state index in [-0.39, 0.29) is 37.2 Å². The Bertz CT molecular complexity index is 1100. The Balaban J connectivity index is 1.28. The SMILES string of the molecule is O=C1CCC(N2Cc3c(NC(=O)Cn4cc(C5CCCC5)nn4)cccc3C2=O)C(=O)N1. The number of aromatic nitrogens is 3. The molecule has 0 bridgehead atoms. The summed E-state index contributed by atoms with van der Waals surface area (Å²) in [6.07, 6.45) is 6.94. The maximum Gasteiger partial charge on any atom is 0.255 e. The third-order valence-corrected chi connectivity index (χ3v) is 6.49. The van der Waals surface area contributed by atoms with Crippen molar-refractivity contribution in [1.82, 2.24) is 25.2 Å². The average Bonchev–Trinajstić information content (AvgIpc) is 3.50. The van der Waals surface area contributed by atoms with Crippen LogP contribution in [0.5, 0.6) is 0 Å². The van der Waals surface area contributed by atoms with Gasteiger partial charge in [-0.3, -0.25) is 24.5 Å². The molecule has 10 heteroatoms. The number of carbonyl (C=O) groups excluding carboxylic acids is 4. The zero-order valence-corrected chi connectivity index (χ0v) is 17.5. The van der Waals surface area contributed by atoms with Crippen LogP contribution in [0.3, 0.4) is 0 Å². The highest BCUT2D eigenvalue weighted by atomic mass is 16.2. The molecule has 1 saturated carbocycles. The molecule has 2 aromatic rings. The fourth-order valence-corrected chi connectivity index (χ4v) is 4.84. The fourth-order valence-electron chi connectivity index (χ4n) is 4.84. The minimum absolute atomic E-state index is 0.0220. The standard InChI is InChI=1S/C22H24N6O4/c29-19-9-8-18(21(31)24-19)28-10-15-14(22(28)32)6-3-7-16(15)23-20(30)12-27-11-17(25-26-27)13-4-1-2-5-13/h3,6-7,11,13,18H,1-2,4-5,8-10,12H2,(H,23,30)(H,24,29,31). The van der Waals surface area contributed by atoms with E-state index in [1.54, 1.807) is 18.2 Å². The summed E-state index contributed by atoms with van der Waals surface area (Å²) in [6, 6.07) is 4.43. The maximum absolute atomic E-state index is 12.9. The van der Waals surface area contributed by atoms with Crippen molar-refractivity contribution < 1.29 is 19.2 Å². The lowest BCUT2D eigenvalue weighted by atomic mass is 10.0. The summed E-state index contributed by atoms with van der Waals surface area (Å²) in [5.41, 5.74) is 2.59. The minimum Gasteiger partial charge on any atom is -0.324 e. The summed E-state index contributed by atoms with van der Waals surface area (Å²) in [4.78, 5) is 50.7. The molecule has 1 atom stereocenters. The zero-order chi connectivity index (χ0) is 22.2. The first-order valence-electron chi connectivity index (χ1n) is 11.0. The number of hydrogen-bond acceptors (Lipinski definition) is 6. The quantitative estimate of drug-likeness (QED) is 0.681. The van der Waals surface area contributed by atoms with Crippen LogP contribution in [0, 0.1) is 0 Å². The predicted octanol–water partition coefficient (Wildman–Crippen LogP) is 1.34. The number of nitrogens with one attached hydrogen (secondary N) is 2. The Morgan fingerprint density at radius 1 is 1.16 bits per heavy atom. The molecular weight excluding hydrogens is 412 g/mol. The molecule has 0 radical (unpaired) electrons. The molecule has 2 N–H and O–H groups in total. The van der Waals surface area contributed by atoms with Gasteiger partial charge in [-0.1, -0.05) is 24.1 Å². The van der Waals surface area contributed by atoms with Crippen molar-refractivity contribution in [3.8, 4) is 0 Å². The Hall–Kier alpha value is -3.56. The Labute approximate surface area is 184 Å². The number of amides is 4. The molecule has 2 fully saturated rings. The van der Waals surface area contributed by atoms with E-state index in [1.807, 2.05) is 6.20 Å². The molecule has 3 aliphatic rings. The van der Waals surface area contributed by atoms with Crippen LogP contribution in [0.25, 0.3) is 0 Å². The van der Waals surface area contributed by atoms with E-state index in [2.05, 4.69) is 20.9 Å². The van der Waals surface area contributed by atoms with Crippen molar-refractivity contribution in [3.63, 3.8) is 0 Å². The average molecular weight is 436 g/mol. The number of benzene rings is 1. The van der Waals surface area contributed by atoms with E-state index in [0.717, 1.165) is 18.5 Å². The van der Waals surface area contributed by atoms with Gasteiger partial charge in [0, 0.05) is 41.9 Å². The number of hydrogen-bond donors (Lipinski definition) is 2. The van der Waals surface area contributed by atoms with Gasteiger partial charge in [0.15, 0.2) is 0 Å². The van der Waals surface area contributed by atoms with E-state index >= 15 is 0 Å². The van der Waals surface area contributed by atoms with Gasteiger partial charge in [-0.25, -0.2) is 4.68 Å². The third kappa shape index (κ3) is 3.76. The minimum atomic E-state index is -0.694. The van der Waals surface area contributed by atoms with Gasteiger partial charge in [-0.05, 0) is 31.4 Å². The van der Waals surface area contributed by atoms with Crippen molar-refractivity contribution in [2.24, 2.45) is 0 Å². The molecule has 1 aromatic carbocycles. The van der Waals surface area contributed by atoms with Crippen molar-refractivity contribution in [1.29, 1.82) is 0 Å². The molecule has 1 aliphatic carbocycles.